The van der Waals surface area contributed by atoms with Gasteiger partial charge in [-0.15, -0.1) is 0 Å². The number of benzene rings is 3. The van der Waals surface area contributed by atoms with E-state index in [4.69, 9.17) is 5.26 Å². The Morgan fingerprint density at radius 1 is 0.923 bits per heavy atom. The monoisotopic (exact) mass is 369 g/mol. The molecule has 0 spiro atoms. The first-order chi connectivity index (χ1) is 12.4. The standard InChI is InChI=1S/C20H13F2NO2S/c21-17-6-9-19(20(22)11-17)16-4-7-18(8-5-16)26(24,25)13-15-3-1-2-14(10-15)12-23/h1-11H,13H2. The molecular weight excluding hydrogens is 356 g/mol. The van der Waals surface area contributed by atoms with Gasteiger partial charge in [0.1, 0.15) is 11.6 Å². The molecule has 0 heterocycles. The average molecular weight is 369 g/mol. The Hall–Kier alpha value is -3.04. The fourth-order valence-electron chi connectivity index (χ4n) is 2.60. The van der Waals surface area contributed by atoms with Gasteiger partial charge in [-0.25, -0.2) is 17.2 Å². The number of halogens is 2. The maximum absolute atomic E-state index is 13.8. The van der Waals surface area contributed by atoms with Gasteiger partial charge in [0.15, 0.2) is 9.84 Å². The minimum atomic E-state index is -3.62. The summed E-state index contributed by atoms with van der Waals surface area (Å²) in [5.74, 6) is -1.63. The molecule has 0 saturated carbocycles. The van der Waals surface area contributed by atoms with Crippen LogP contribution in [0.4, 0.5) is 8.78 Å². The highest BCUT2D eigenvalue weighted by atomic mass is 32.2. The Balaban J connectivity index is 1.88. The molecule has 0 aliphatic carbocycles. The lowest BCUT2D eigenvalue weighted by atomic mass is 10.1. The average Bonchev–Trinajstić information content (AvgIpc) is 2.62. The van der Waals surface area contributed by atoms with E-state index in [1.165, 1.54) is 36.4 Å². The van der Waals surface area contributed by atoms with Crippen molar-refractivity contribution in [3.05, 3.63) is 89.5 Å². The van der Waals surface area contributed by atoms with Gasteiger partial charge in [-0.1, -0.05) is 24.3 Å². The summed E-state index contributed by atoms with van der Waals surface area (Å²) in [4.78, 5) is 0.0890. The molecule has 6 heteroatoms. The minimum Gasteiger partial charge on any atom is -0.223 e. The molecule has 0 radical (unpaired) electrons. The van der Waals surface area contributed by atoms with E-state index >= 15 is 0 Å². The maximum Gasteiger partial charge on any atom is 0.182 e. The van der Waals surface area contributed by atoms with Gasteiger partial charge in [0.25, 0.3) is 0 Å². The van der Waals surface area contributed by atoms with E-state index < -0.39 is 21.5 Å². The number of nitriles is 1. The summed E-state index contributed by atoms with van der Waals surface area (Å²) in [6.45, 7) is 0. The van der Waals surface area contributed by atoms with E-state index in [0.717, 1.165) is 12.1 Å². The molecule has 3 nitrogen and oxygen atoms in total. The van der Waals surface area contributed by atoms with E-state index in [-0.39, 0.29) is 16.2 Å². The van der Waals surface area contributed by atoms with Crippen molar-refractivity contribution in [3.8, 4) is 17.2 Å². The van der Waals surface area contributed by atoms with E-state index in [0.29, 0.717) is 16.7 Å². The first kappa shape index (κ1) is 17.8. The molecule has 0 atom stereocenters. The van der Waals surface area contributed by atoms with Crippen LogP contribution >= 0.6 is 0 Å². The zero-order chi connectivity index (χ0) is 18.7. The molecular formula is C20H13F2NO2S. The number of rotatable bonds is 4. The summed E-state index contributed by atoms with van der Waals surface area (Å²) in [5.41, 5.74) is 1.54. The largest absolute Gasteiger partial charge is 0.223 e. The van der Waals surface area contributed by atoms with Gasteiger partial charge in [0.05, 0.1) is 22.3 Å². The smallest absolute Gasteiger partial charge is 0.182 e. The molecule has 0 aliphatic heterocycles. The molecule has 3 rings (SSSR count). The van der Waals surface area contributed by atoms with Crippen LogP contribution in [0, 0.1) is 23.0 Å². The molecule has 26 heavy (non-hydrogen) atoms. The van der Waals surface area contributed by atoms with Crippen LogP contribution in [-0.4, -0.2) is 8.42 Å². The normalized spacial score (nSPS) is 11.1. The van der Waals surface area contributed by atoms with Crippen molar-refractivity contribution in [1.82, 2.24) is 0 Å². The van der Waals surface area contributed by atoms with Gasteiger partial charge < -0.3 is 0 Å². The molecule has 0 saturated heterocycles. The van der Waals surface area contributed by atoms with Gasteiger partial charge in [-0.2, -0.15) is 5.26 Å². The van der Waals surface area contributed by atoms with Crippen LogP contribution in [0.1, 0.15) is 11.1 Å². The van der Waals surface area contributed by atoms with E-state index in [2.05, 4.69) is 0 Å². The summed E-state index contributed by atoms with van der Waals surface area (Å²) in [5, 5.41) is 8.90. The Labute approximate surface area is 150 Å². The lowest BCUT2D eigenvalue weighted by Crippen LogP contribution is -2.05. The maximum atomic E-state index is 13.8. The minimum absolute atomic E-state index is 0.0890. The van der Waals surface area contributed by atoms with Crippen LogP contribution in [0.25, 0.3) is 11.1 Å². The third-order valence-electron chi connectivity index (χ3n) is 3.87. The molecule has 3 aromatic carbocycles. The van der Waals surface area contributed by atoms with Crippen LogP contribution in [0.2, 0.25) is 0 Å². The Kier molecular flexibility index (Phi) is 4.83. The lowest BCUT2D eigenvalue weighted by molar-refractivity contribution is 0.585. The predicted octanol–water partition coefficient (Wildman–Crippen LogP) is 4.48. The van der Waals surface area contributed by atoms with Crippen molar-refractivity contribution >= 4 is 9.84 Å². The highest BCUT2D eigenvalue weighted by Gasteiger charge is 2.16. The Bertz CT molecular complexity index is 1100. The Morgan fingerprint density at radius 3 is 2.31 bits per heavy atom. The number of hydrogen-bond acceptors (Lipinski definition) is 3. The van der Waals surface area contributed by atoms with Crippen LogP contribution in [0.3, 0.4) is 0 Å². The topological polar surface area (TPSA) is 57.9 Å². The highest BCUT2D eigenvalue weighted by molar-refractivity contribution is 7.90. The first-order valence-electron chi connectivity index (χ1n) is 7.66. The number of nitrogens with zero attached hydrogens (tertiary/aromatic N) is 1. The third-order valence-corrected chi connectivity index (χ3v) is 5.57. The SMILES string of the molecule is N#Cc1cccc(CS(=O)(=O)c2ccc(-c3ccc(F)cc3F)cc2)c1. The molecule has 0 aliphatic rings. The van der Waals surface area contributed by atoms with Crippen LogP contribution in [0.15, 0.2) is 71.6 Å². The van der Waals surface area contributed by atoms with Crippen molar-refractivity contribution in [2.45, 2.75) is 10.6 Å². The van der Waals surface area contributed by atoms with Crippen LogP contribution in [0.5, 0.6) is 0 Å². The number of sulfone groups is 1. The number of hydrogen-bond donors (Lipinski definition) is 0. The van der Waals surface area contributed by atoms with Crippen molar-refractivity contribution in [3.63, 3.8) is 0 Å². The predicted molar refractivity (Wildman–Crippen MR) is 93.8 cm³/mol. The van der Waals surface area contributed by atoms with Gasteiger partial charge in [-0.3, -0.25) is 0 Å². The second-order valence-electron chi connectivity index (χ2n) is 5.72. The van der Waals surface area contributed by atoms with Gasteiger partial charge >= 0.3 is 0 Å². The van der Waals surface area contributed by atoms with Crippen molar-refractivity contribution in [2.75, 3.05) is 0 Å². The summed E-state index contributed by atoms with van der Waals surface area (Å²) in [6, 6.07) is 17.3. The molecule has 0 N–H and O–H groups in total. The summed E-state index contributed by atoms with van der Waals surface area (Å²) in [6.07, 6.45) is 0. The highest BCUT2D eigenvalue weighted by Crippen LogP contribution is 2.26. The molecule has 0 bridgehead atoms. The van der Waals surface area contributed by atoms with E-state index in [1.54, 1.807) is 18.2 Å². The quantitative estimate of drug-likeness (QED) is 0.681. The van der Waals surface area contributed by atoms with Gasteiger partial charge in [-0.05, 0) is 47.5 Å². The van der Waals surface area contributed by atoms with Gasteiger partial charge in [0.2, 0.25) is 0 Å². The van der Waals surface area contributed by atoms with E-state index in [1.807, 2.05) is 6.07 Å². The fourth-order valence-corrected chi connectivity index (χ4v) is 3.93. The van der Waals surface area contributed by atoms with Crippen LogP contribution in [-0.2, 0) is 15.6 Å². The lowest BCUT2D eigenvalue weighted by Gasteiger charge is -2.08. The molecule has 0 fully saturated rings. The zero-order valence-electron chi connectivity index (χ0n) is 13.5. The first-order valence-corrected chi connectivity index (χ1v) is 9.31. The fraction of sp³-hybridized carbons (Fsp3) is 0.0500. The van der Waals surface area contributed by atoms with Crippen LogP contribution < -0.4 is 0 Å². The molecule has 0 unspecified atom stereocenters. The second-order valence-corrected chi connectivity index (χ2v) is 7.71. The van der Waals surface area contributed by atoms with Crippen molar-refractivity contribution in [1.29, 1.82) is 5.26 Å². The molecule has 0 aromatic heterocycles. The van der Waals surface area contributed by atoms with Crippen molar-refractivity contribution in [2.24, 2.45) is 0 Å². The van der Waals surface area contributed by atoms with E-state index in [9.17, 15) is 17.2 Å². The summed E-state index contributed by atoms with van der Waals surface area (Å²) in [7, 11) is -3.62. The summed E-state index contributed by atoms with van der Waals surface area (Å²) >= 11 is 0. The molecule has 3 aromatic rings. The molecule has 130 valence electrons. The zero-order valence-corrected chi connectivity index (χ0v) is 14.3. The third kappa shape index (κ3) is 3.79. The van der Waals surface area contributed by atoms with Crippen molar-refractivity contribution < 1.29 is 17.2 Å². The second kappa shape index (κ2) is 7.06. The summed E-state index contributed by atoms with van der Waals surface area (Å²) < 4.78 is 52.0. The van der Waals surface area contributed by atoms with Gasteiger partial charge in [0, 0.05) is 11.6 Å². The Morgan fingerprint density at radius 2 is 1.65 bits per heavy atom. The molecule has 0 amide bonds.